The number of aromatic nitrogens is 4. The smallest absolute Gasteiger partial charge is 0.269 e. The number of sulfonamides is 1. The number of nitrogens with zero attached hydrogens (tertiary/aromatic N) is 5. The van der Waals surface area contributed by atoms with E-state index >= 15 is 0 Å². The van der Waals surface area contributed by atoms with E-state index in [9.17, 15) is 18.5 Å². The molecule has 0 fully saturated rings. The quantitative estimate of drug-likeness (QED) is 0.321. The number of nitro benzene ring substituents is 1. The van der Waals surface area contributed by atoms with E-state index in [2.05, 4.69) is 25.1 Å². The van der Waals surface area contributed by atoms with Crippen LogP contribution in [0.3, 0.4) is 0 Å². The maximum Gasteiger partial charge on any atom is 0.269 e. The van der Waals surface area contributed by atoms with Crippen LogP contribution in [0.2, 0.25) is 0 Å². The fourth-order valence-electron chi connectivity index (χ4n) is 2.87. The lowest BCUT2D eigenvalue weighted by Crippen LogP contribution is -2.12. The Hall–Kier alpha value is -4.32. The van der Waals surface area contributed by atoms with Gasteiger partial charge in [0.25, 0.3) is 15.7 Å². The summed E-state index contributed by atoms with van der Waals surface area (Å²) < 4.78 is 29.1. The standard InChI is InChI=1S/C20H17N7O4S/c1-14-22-19(13-20(23-14)26-12-2-11-21-26)24-15-3-5-16(6-4-15)25-32(30,31)18-9-7-17(8-10-18)27(28)29/h2-13,25H,1H3,(H,22,23,24). The van der Waals surface area contributed by atoms with Crippen LogP contribution >= 0.6 is 0 Å². The van der Waals surface area contributed by atoms with Gasteiger partial charge in [0.1, 0.15) is 11.6 Å². The van der Waals surface area contributed by atoms with Crippen LogP contribution in [0, 0.1) is 17.0 Å². The van der Waals surface area contributed by atoms with Crippen molar-refractivity contribution < 1.29 is 13.3 Å². The second-order valence-electron chi connectivity index (χ2n) is 6.67. The largest absolute Gasteiger partial charge is 0.340 e. The molecule has 2 aromatic carbocycles. The molecule has 0 unspecified atom stereocenters. The van der Waals surface area contributed by atoms with Gasteiger partial charge in [-0.1, -0.05) is 0 Å². The van der Waals surface area contributed by atoms with Crippen molar-refractivity contribution in [3.8, 4) is 5.82 Å². The van der Waals surface area contributed by atoms with Gasteiger partial charge in [0, 0.05) is 42.0 Å². The number of benzene rings is 2. The van der Waals surface area contributed by atoms with Gasteiger partial charge >= 0.3 is 0 Å². The second kappa shape index (κ2) is 8.43. The number of anilines is 3. The highest BCUT2D eigenvalue weighted by Gasteiger charge is 2.16. The first-order valence-corrected chi connectivity index (χ1v) is 10.8. The molecule has 4 aromatic rings. The van der Waals surface area contributed by atoms with Gasteiger partial charge in [-0.25, -0.2) is 23.1 Å². The van der Waals surface area contributed by atoms with Crippen molar-refractivity contribution in [3.05, 3.63) is 89.0 Å². The van der Waals surface area contributed by atoms with Crippen LogP contribution in [0.5, 0.6) is 0 Å². The number of aryl methyl sites for hydroxylation is 1. The first-order valence-electron chi connectivity index (χ1n) is 9.30. The van der Waals surface area contributed by atoms with E-state index in [1.807, 2.05) is 0 Å². The van der Waals surface area contributed by atoms with Crippen molar-refractivity contribution in [3.63, 3.8) is 0 Å². The van der Waals surface area contributed by atoms with Crippen LogP contribution in [-0.2, 0) is 10.0 Å². The SMILES string of the molecule is Cc1nc(Nc2ccc(NS(=O)(=O)c3ccc([N+](=O)[O-])cc3)cc2)cc(-n2cccn2)n1. The second-order valence-corrected chi connectivity index (χ2v) is 8.35. The van der Waals surface area contributed by atoms with Gasteiger partial charge < -0.3 is 5.32 Å². The number of hydrogen-bond acceptors (Lipinski definition) is 8. The van der Waals surface area contributed by atoms with E-state index in [4.69, 9.17) is 0 Å². The molecule has 0 aliphatic heterocycles. The third-order valence-corrected chi connectivity index (χ3v) is 5.73. The molecule has 2 aromatic heterocycles. The Morgan fingerprint density at radius 2 is 1.69 bits per heavy atom. The molecule has 0 saturated carbocycles. The lowest BCUT2D eigenvalue weighted by molar-refractivity contribution is -0.384. The predicted molar refractivity (Wildman–Crippen MR) is 118 cm³/mol. The van der Waals surface area contributed by atoms with Gasteiger partial charge in [-0.3, -0.25) is 14.8 Å². The monoisotopic (exact) mass is 451 g/mol. The van der Waals surface area contributed by atoms with Gasteiger partial charge in [0.05, 0.1) is 9.82 Å². The van der Waals surface area contributed by atoms with E-state index in [0.717, 1.165) is 12.1 Å². The number of rotatable bonds is 7. The zero-order chi connectivity index (χ0) is 22.7. The molecule has 0 spiro atoms. The van der Waals surface area contributed by atoms with Crippen LogP contribution in [-0.4, -0.2) is 33.1 Å². The summed E-state index contributed by atoms with van der Waals surface area (Å²) in [6.07, 6.45) is 3.43. The number of hydrogen-bond donors (Lipinski definition) is 2. The van der Waals surface area contributed by atoms with Crippen molar-refractivity contribution in [1.29, 1.82) is 0 Å². The molecule has 2 heterocycles. The normalized spacial score (nSPS) is 11.2. The molecule has 162 valence electrons. The molecule has 4 rings (SSSR count). The highest BCUT2D eigenvalue weighted by molar-refractivity contribution is 7.92. The van der Waals surface area contributed by atoms with Crippen molar-refractivity contribution in [2.75, 3.05) is 10.0 Å². The molecule has 11 nitrogen and oxygen atoms in total. The lowest BCUT2D eigenvalue weighted by atomic mass is 10.3. The van der Waals surface area contributed by atoms with Crippen LogP contribution in [0.1, 0.15) is 5.82 Å². The molecule has 0 atom stereocenters. The summed E-state index contributed by atoms with van der Waals surface area (Å²) in [4.78, 5) is 18.8. The predicted octanol–water partition coefficient (Wildman–Crippen LogP) is 3.42. The molecule has 0 bridgehead atoms. The Morgan fingerprint density at radius 3 is 2.31 bits per heavy atom. The fraction of sp³-hybridized carbons (Fsp3) is 0.0500. The molecular formula is C20H17N7O4S. The molecule has 2 N–H and O–H groups in total. The van der Waals surface area contributed by atoms with Crippen molar-refractivity contribution in [2.45, 2.75) is 11.8 Å². The Labute approximate surface area is 183 Å². The number of non-ortho nitro benzene ring substituents is 1. The Kier molecular flexibility index (Phi) is 5.52. The Morgan fingerprint density at radius 1 is 1.00 bits per heavy atom. The van der Waals surface area contributed by atoms with E-state index in [1.54, 1.807) is 60.4 Å². The van der Waals surface area contributed by atoms with Crippen molar-refractivity contribution in [2.24, 2.45) is 0 Å². The minimum Gasteiger partial charge on any atom is -0.340 e. The van der Waals surface area contributed by atoms with Crippen LogP contribution in [0.15, 0.2) is 78.0 Å². The van der Waals surface area contributed by atoms with Crippen LogP contribution in [0.4, 0.5) is 22.9 Å². The molecule has 12 heteroatoms. The minimum absolute atomic E-state index is 0.0760. The minimum atomic E-state index is -3.89. The van der Waals surface area contributed by atoms with E-state index in [0.29, 0.717) is 28.8 Å². The highest BCUT2D eigenvalue weighted by Crippen LogP contribution is 2.22. The molecule has 32 heavy (non-hydrogen) atoms. The zero-order valence-electron chi connectivity index (χ0n) is 16.7. The summed E-state index contributed by atoms with van der Waals surface area (Å²) in [6, 6.07) is 14.8. The summed E-state index contributed by atoms with van der Waals surface area (Å²) in [5, 5.41) is 18.0. The summed E-state index contributed by atoms with van der Waals surface area (Å²) in [5.74, 6) is 1.73. The Balaban J connectivity index is 1.48. The lowest BCUT2D eigenvalue weighted by Gasteiger charge is -2.11. The topological polar surface area (TPSA) is 145 Å². The average molecular weight is 451 g/mol. The van der Waals surface area contributed by atoms with Crippen LogP contribution in [0.25, 0.3) is 5.82 Å². The third-order valence-electron chi connectivity index (χ3n) is 4.33. The molecule has 0 amide bonds. The molecule has 0 saturated heterocycles. The Bertz CT molecular complexity index is 1350. The van der Waals surface area contributed by atoms with Gasteiger partial charge in [-0.05, 0) is 49.4 Å². The van der Waals surface area contributed by atoms with E-state index in [1.165, 1.54) is 12.1 Å². The van der Waals surface area contributed by atoms with Gasteiger partial charge in [0.15, 0.2) is 5.82 Å². The van der Waals surface area contributed by atoms with Gasteiger partial charge in [0.2, 0.25) is 0 Å². The molecular weight excluding hydrogens is 434 g/mol. The maximum absolute atomic E-state index is 12.5. The van der Waals surface area contributed by atoms with Crippen molar-refractivity contribution >= 4 is 32.9 Å². The van der Waals surface area contributed by atoms with Gasteiger partial charge in [-0.15, -0.1) is 0 Å². The summed E-state index contributed by atoms with van der Waals surface area (Å²) in [7, 11) is -3.89. The summed E-state index contributed by atoms with van der Waals surface area (Å²) >= 11 is 0. The average Bonchev–Trinajstić information content (AvgIpc) is 3.30. The summed E-state index contributed by atoms with van der Waals surface area (Å²) in [5.41, 5.74) is 0.841. The van der Waals surface area contributed by atoms with Crippen LogP contribution < -0.4 is 10.0 Å². The number of nitrogens with one attached hydrogen (secondary N) is 2. The summed E-state index contributed by atoms with van der Waals surface area (Å²) in [6.45, 7) is 1.77. The van der Waals surface area contributed by atoms with Crippen molar-refractivity contribution in [1.82, 2.24) is 19.7 Å². The van der Waals surface area contributed by atoms with E-state index < -0.39 is 14.9 Å². The molecule has 0 aliphatic carbocycles. The maximum atomic E-state index is 12.5. The number of nitro groups is 1. The molecule has 0 aliphatic rings. The third kappa shape index (κ3) is 4.70. The highest BCUT2D eigenvalue weighted by atomic mass is 32.2. The molecule has 0 radical (unpaired) electrons. The fourth-order valence-corrected chi connectivity index (χ4v) is 3.93. The first-order chi connectivity index (χ1) is 15.3. The zero-order valence-corrected chi connectivity index (χ0v) is 17.5. The van der Waals surface area contributed by atoms with E-state index in [-0.39, 0.29) is 10.6 Å². The van der Waals surface area contributed by atoms with Gasteiger partial charge in [-0.2, -0.15) is 5.10 Å². The first kappa shape index (κ1) is 20.9.